The number of nitrogens with one attached hydrogen (secondary N) is 3. The zero-order valence-corrected chi connectivity index (χ0v) is 15.4. The second-order valence-corrected chi connectivity index (χ2v) is 6.29. The van der Waals surface area contributed by atoms with E-state index in [-0.39, 0.29) is 17.7 Å². The number of hydrogen-bond acceptors (Lipinski definition) is 6. The highest BCUT2D eigenvalue weighted by Crippen LogP contribution is 2.30. The molecule has 2 unspecified atom stereocenters. The topological polar surface area (TPSA) is 95.0 Å². The summed E-state index contributed by atoms with van der Waals surface area (Å²) in [6.45, 7) is 4.26. The Bertz CT molecular complexity index is 837. The van der Waals surface area contributed by atoms with Crippen LogP contribution in [0.4, 0.5) is 0 Å². The van der Waals surface area contributed by atoms with Gasteiger partial charge in [0.15, 0.2) is 0 Å². The standard InChI is InChI=1S/C20H24N4O3/c1-3-27-19-11-7-5-9-15(19)16-12-17(23-22-16)20(26)24-21-13(2)14-8-4-6-10-18(14)25/h4-11,16-17,22-23,25H,3,12H2,1-2H3,(H,24,26)/b21-13+. The average Bonchev–Trinajstić information content (AvgIpc) is 3.17. The lowest BCUT2D eigenvalue weighted by molar-refractivity contribution is -0.122. The van der Waals surface area contributed by atoms with Gasteiger partial charge in [0.05, 0.1) is 18.4 Å². The van der Waals surface area contributed by atoms with Crippen molar-refractivity contribution in [3.63, 3.8) is 0 Å². The summed E-state index contributed by atoms with van der Waals surface area (Å²) < 4.78 is 5.67. The molecule has 0 bridgehead atoms. The minimum atomic E-state index is -0.425. The molecule has 0 radical (unpaired) electrons. The lowest BCUT2D eigenvalue weighted by Crippen LogP contribution is -2.41. The van der Waals surface area contributed by atoms with E-state index < -0.39 is 6.04 Å². The number of para-hydroxylation sites is 2. The maximum atomic E-state index is 12.4. The number of ether oxygens (including phenoxy) is 1. The van der Waals surface area contributed by atoms with E-state index in [1.165, 1.54) is 0 Å². The number of hydrazine groups is 1. The Morgan fingerprint density at radius 2 is 1.96 bits per heavy atom. The lowest BCUT2D eigenvalue weighted by atomic mass is 10.0. The van der Waals surface area contributed by atoms with E-state index in [4.69, 9.17) is 4.74 Å². The van der Waals surface area contributed by atoms with Crippen molar-refractivity contribution in [1.82, 2.24) is 16.3 Å². The minimum Gasteiger partial charge on any atom is -0.507 e. The fourth-order valence-corrected chi connectivity index (χ4v) is 3.04. The van der Waals surface area contributed by atoms with Gasteiger partial charge < -0.3 is 9.84 Å². The summed E-state index contributed by atoms with van der Waals surface area (Å²) in [5.74, 6) is 0.698. The highest BCUT2D eigenvalue weighted by molar-refractivity contribution is 6.01. The highest BCUT2D eigenvalue weighted by atomic mass is 16.5. The van der Waals surface area contributed by atoms with Gasteiger partial charge >= 0.3 is 0 Å². The van der Waals surface area contributed by atoms with Crippen molar-refractivity contribution in [2.75, 3.05) is 6.61 Å². The molecular formula is C20H24N4O3. The van der Waals surface area contributed by atoms with Crippen LogP contribution in [0.2, 0.25) is 0 Å². The van der Waals surface area contributed by atoms with E-state index in [2.05, 4.69) is 21.4 Å². The molecule has 3 rings (SSSR count). The molecule has 1 amide bonds. The third-order valence-electron chi connectivity index (χ3n) is 4.44. The summed E-state index contributed by atoms with van der Waals surface area (Å²) >= 11 is 0. The van der Waals surface area contributed by atoms with Crippen LogP contribution in [0.25, 0.3) is 0 Å². The molecule has 1 aliphatic heterocycles. The third kappa shape index (κ3) is 4.45. The zero-order chi connectivity index (χ0) is 19.2. The largest absolute Gasteiger partial charge is 0.507 e. The number of benzene rings is 2. The third-order valence-corrected chi connectivity index (χ3v) is 4.44. The second kappa shape index (κ2) is 8.66. The first-order chi connectivity index (χ1) is 13.1. The summed E-state index contributed by atoms with van der Waals surface area (Å²) in [4.78, 5) is 12.4. The predicted octanol–water partition coefficient (Wildman–Crippen LogP) is 2.24. The van der Waals surface area contributed by atoms with Gasteiger partial charge in [-0.15, -0.1) is 0 Å². The molecule has 7 nitrogen and oxygen atoms in total. The van der Waals surface area contributed by atoms with Crippen LogP contribution >= 0.6 is 0 Å². The van der Waals surface area contributed by atoms with Crippen molar-refractivity contribution in [1.29, 1.82) is 0 Å². The molecule has 0 saturated carbocycles. The van der Waals surface area contributed by atoms with Crippen molar-refractivity contribution >= 4 is 11.6 Å². The van der Waals surface area contributed by atoms with Gasteiger partial charge in [-0.25, -0.2) is 16.3 Å². The summed E-state index contributed by atoms with van der Waals surface area (Å²) in [5.41, 5.74) is 10.9. The number of rotatable bonds is 6. The van der Waals surface area contributed by atoms with E-state index in [1.807, 2.05) is 31.2 Å². The Kier molecular flexibility index (Phi) is 6.05. The number of nitrogens with zero attached hydrogens (tertiary/aromatic N) is 1. The number of phenolic OH excluding ortho intramolecular Hbond substituents is 1. The number of aromatic hydroxyl groups is 1. The van der Waals surface area contributed by atoms with Gasteiger partial charge in [0.25, 0.3) is 5.91 Å². The molecule has 2 aromatic rings. The maximum absolute atomic E-state index is 12.4. The summed E-state index contributed by atoms with van der Waals surface area (Å²) in [5, 5.41) is 14.0. The summed E-state index contributed by atoms with van der Waals surface area (Å²) in [6.07, 6.45) is 0.571. The first-order valence-corrected chi connectivity index (χ1v) is 8.95. The molecule has 4 N–H and O–H groups in total. The first-order valence-electron chi connectivity index (χ1n) is 8.95. The average molecular weight is 368 g/mol. The van der Waals surface area contributed by atoms with Crippen LogP contribution in [0.1, 0.15) is 37.4 Å². The molecule has 1 heterocycles. The van der Waals surface area contributed by atoms with Gasteiger partial charge in [0, 0.05) is 11.1 Å². The van der Waals surface area contributed by atoms with Gasteiger partial charge in [-0.2, -0.15) is 5.10 Å². The number of carbonyl (C=O) groups excluding carboxylic acids is 1. The van der Waals surface area contributed by atoms with E-state index in [0.717, 1.165) is 11.3 Å². The Labute approximate surface area is 158 Å². The van der Waals surface area contributed by atoms with Crippen LogP contribution in [-0.2, 0) is 4.79 Å². The number of hydrazone groups is 1. The van der Waals surface area contributed by atoms with E-state index in [9.17, 15) is 9.90 Å². The molecular weight excluding hydrogens is 344 g/mol. The van der Waals surface area contributed by atoms with E-state index in [0.29, 0.717) is 24.3 Å². The predicted molar refractivity (Wildman–Crippen MR) is 103 cm³/mol. The summed E-state index contributed by atoms with van der Waals surface area (Å²) in [6, 6.07) is 14.2. The highest BCUT2D eigenvalue weighted by Gasteiger charge is 2.31. The number of hydrogen-bond donors (Lipinski definition) is 4. The van der Waals surface area contributed by atoms with Gasteiger partial charge in [0.2, 0.25) is 0 Å². The number of phenols is 1. The van der Waals surface area contributed by atoms with Crippen LogP contribution < -0.4 is 21.0 Å². The van der Waals surface area contributed by atoms with Gasteiger partial charge in [-0.1, -0.05) is 30.3 Å². The van der Waals surface area contributed by atoms with Crippen LogP contribution in [-0.4, -0.2) is 29.4 Å². The first kappa shape index (κ1) is 18.9. The monoisotopic (exact) mass is 368 g/mol. The molecule has 1 aliphatic rings. The molecule has 142 valence electrons. The normalized spacial score (nSPS) is 19.7. The second-order valence-electron chi connectivity index (χ2n) is 6.29. The van der Waals surface area contributed by atoms with Crippen molar-refractivity contribution in [3.8, 4) is 11.5 Å². The van der Waals surface area contributed by atoms with Crippen LogP contribution in [0, 0.1) is 0 Å². The van der Waals surface area contributed by atoms with Crippen molar-refractivity contribution in [3.05, 3.63) is 59.7 Å². The Morgan fingerprint density at radius 3 is 2.74 bits per heavy atom. The van der Waals surface area contributed by atoms with Gasteiger partial charge in [-0.3, -0.25) is 4.79 Å². The molecule has 2 aromatic carbocycles. The van der Waals surface area contributed by atoms with Crippen LogP contribution in [0.3, 0.4) is 0 Å². The molecule has 1 saturated heterocycles. The van der Waals surface area contributed by atoms with Crippen LogP contribution in [0.5, 0.6) is 11.5 Å². The van der Waals surface area contributed by atoms with Crippen molar-refractivity contribution in [2.45, 2.75) is 32.4 Å². The number of amides is 1. The Morgan fingerprint density at radius 1 is 1.22 bits per heavy atom. The molecule has 7 heteroatoms. The van der Waals surface area contributed by atoms with Gasteiger partial charge in [-0.05, 0) is 38.5 Å². The fraction of sp³-hybridized carbons (Fsp3) is 0.300. The Balaban J connectivity index is 1.63. The molecule has 0 aliphatic carbocycles. The van der Waals surface area contributed by atoms with Gasteiger partial charge in [0.1, 0.15) is 17.5 Å². The zero-order valence-electron chi connectivity index (χ0n) is 15.4. The maximum Gasteiger partial charge on any atom is 0.258 e. The van der Waals surface area contributed by atoms with Crippen molar-refractivity contribution < 1.29 is 14.6 Å². The molecule has 27 heavy (non-hydrogen) atoms. The van der Waals surface area contributed by atoms with E-state index >= 15 is 0 Å². The fourth-order valence-electron chi connectivity index (χ4n) is 3.04. The quantitative estimate of drug-likeness (QED) is 0.463. The Hall–Kier alpha value is -2.90. The van der Waals surface area contributed by atoms with Crippen LogP contribution in [0.15, 0.2) is 53.6 Å². The molecule has 1 fully saturated rings. The number of carbonyl (C=O) groups is 1. The molecule has 0 spiro atoms. The van der Waals surface area contributed by atoms with E-state index in [1.54, 1.807) is 31.2 Å². The lowest BCUT2D eigenvalue weighted by Gasteiger charge is -2.15. The minimum absolute atomic E-state index is 0.0354. The van der Waals surface area contributed by atoms with Crippen molar-refractivity contribution in [2.24, 2.45) is 5.10 Å². The smallest absolute Gasteiger partial charge is 0.258 e. The SMILES string of the molecule is CCOc1ccccc1C1CC(C(=O)N/N=C(\C)c2ccccc2O)NN1. The summed E-state index contributed by atoms with van der Waals surface area (Å²) in [7, 11) is 0. The molecule has 2 atom stereocenters. The molecule has 0 aromatic heterocycles.